The number of hydrogen-bond acceptors (Lipinski definition) is 4. The lowest BCUT2D eigenvalue weighted by molar-refractivity contribution is 0.0946. The molecule has 0 bridgehead atoms. The molecule has 4 rings (SSSR count). The SMILES string of the molecule is Cc1ccc(S(=O)(=O)Nc2c(Cl)cc(Cl)c3ccc(C(=O)NCc4ccc(F)cc4)nc23)cc1. The van der Waals surface area contributed by atoms with Crippen LogP contribution in [0.5, 0.6) is 0 Å². The van der Waals surface area contributed by atoms with Gasteiger partial charge in [0.1, 0.15) is 11.5 Å². The smallest absolute Gasteiger partial charge is 0.270 e. The summed E-state index contributed by atoms with van der Waals surface area (Å²) in [4.78, 5) is 17.1. The minimum absolute atomic E-state index is 0.00910. The van der Waals surface area contributed by atoms with E-state index >= 15 is 0 Å². The van der Waals surface area contributed by atoms with E-state index in [1.54, 1.807) is 30.3 Å². The Balaban J connectivity index is 1.68. The molecule has 0 radical (unpaired) electrons. The third-order valence-corrected chi connectivity index (χ3v) is 7.02. The molecule has 0 spiro atoms. The van der Waals surface area contributed by atoms with Gasteiger partial charge >= 0.3 is 0 Å². The zero-order valence-electron chi connectivity index (χ0n) is 17.8. The first-order valence-corrected chi connectivity index (χ1v) is 12.3. The molecule has 4 aromatic rings. The molecule has 174 valence electrons. The Morgan fingerprint density at radius 1 is 0.971 bits per heavy atom. The van der Waals surface area contributed by atoms with Gasteiger partial charge in [-0.2, -0.15) is 0 Å². The van der Waals surface area contributed by atoms with Crippen LogP contribution < -0.4 is 10.0 Å². The zero-order valence-corrected chi connectivity index (χ0v) is 20.1. The number of aromatic nitrogens is 1. The lowest BCUT2D eigenvalue weighted by Gasteiger charge is -2.14. The van der Waals surface area contributed by atoms with Gasteiger partial charge in [0, 0.05) is 11.9 Å². The Labute approximate surface area is 205 Å². The summed E-state index contributed by atoms with van der Waals surface area (Å²) in [5.74, 6) is -0.879. The van der Waals surface area contributed by atoms with Gasteiger partial charge in [-0.15, -0.1) is 0 Å². The van der Waals surface area contributed by atoms with Gasteiger partial charge in [-0.25, -0.2) is 17.8 Å². The van der Waals surface area contributed by atoms with Gasteiger partial charge in [-0.3, -0.25) is 9.52 Å². The minimum Gasteiger partial charge on any atom is -0.347 e. The van der Waals surface area contributed by atoms with Crippen LogP contribution in [0.3, 0.4) is 0 Å². The van der Waals surface area contributed by atoms with Crippen molar-refractivity contribution in [2.24, 2.45) is 0 Å². The topological polar surface area (TPSA) is 88.2 Å². The minimum atomic E-state index is -3.99. The van der Waals surface area contributed by atoms with E-state index in [9.17, 15) is 17.6 Å². The van der Waals surface area contributed by atoms with Crippen LogP contribution in [-0.2, 0) is 16.6 Å². The number of carbonyl (C=O) groups excluding carboxylic acids is 1. The van der Waals surface area contributed by atoms with E-state index in [1.807, 2.05) is 6.92 Å². The number of sulfonamides is 1. The summed E-state index contributed by atoms with van der Waals surface area (Å²) in [5, 5.41) is 3.40. The Hall–Kier alpha value is -3.20. The van der Waals surface area contributed by atoms with E-state index in [-0.39, 0.29) is 44.2 Å². The molecule has 2 N–H and O–H groups in total. The van der Waals surface area contributed by atoms with Crippen LogP contribution in [0.25, 0.3) is 10.9 Å². The van der Waals surface area contributed by atoms with E-state index in [4.69, 9.17) is 23.2 Å². The molecule has 0 unspecified atom stereocenters. The molecule has 3 aromatic carbocycles. The Morgan fingerprint density at radius 2 is 1.65 bits per heavy atom. The number of amides is 1. The van der Waals surface area contributed by atoms with E-state index in [2.05, 4.69) is 15.0 Å². The van der Waals surface area contributed by atoms with Gasteiger partial charge < -0.3 is 5.32 Å². The third-order valence-electron chi connectivity index (χ3n) is 5.05. The number of rotatable bonds is 6. The van der Waals surface area contributed by atoms with Crippen molar-refractivity contribution in [1.82, 2.24) is 10.3 Å². The van der Waals surface area contributed by atoms with E-state index in [1.165, 1.54) is 36.4 Å². The molecule has 34 heavy (non-hydrogen) atoms. The van der Waals surface area contributed by atoms with Gasteiger partial charge in [0.2, 0.25) is 0 Å². The summed E-state index contributed by atoms with van der Waals surface area (Å²) in [5.41, 5.74) is 1.78. The summed E-state index contributed by atoms with van der Waals surface area (Å²) in [7, 11) is -3.99. The number of carbonyl (C=O) groups is 1. The predicted molar refractivity (Wildman–Crippen MR) is 131 cm³/mol. The Kier molecular flexibility index (Phi) is 6.74. The molecule has 0 atom stereocenters. The number of pyridine rings is 1. The molecule has 6 nitrogen and oxygen atoms in total. The summed E-state index contributed by atoms with van der Waals surface area (Å²) in [6.45, 7) is 2.00. The van der Waals surface area contributed by atoms with Gasteiger partial charge in [0.15, 0.2) is 0 Å². The van der Waals surface area contributed by atoms with Gasteiger partial charge in [0.25, 0.3) is 15.9 Å². The van der Waals surface area contributed by atoms with Crippen LogP contribution in [0.4, 0.5) is 10.1 Å². The summed E-state index contributed by atoms with van der Waals surface area (Å²) in [6, 6.07) is 16.5. The van der Waals surface area contributed by atoms with Crippen molar-refractivity contribution in [2.75, 3.05) is 4.72 Å². The number of benzene rings is 3. The van der Waals surface area contributed by atoms with E-state index in [0.717, 1.165) is 5.56 Å². The molecule has 1 aromatic heterocycles. The Bertz CT molecular complexity index is 1490. The summed E-state index contributed by atoms with van der Waals surface area (Å²) >= 11 is 12.6. The predicted octanol–water partition coefficient (Wildman–Crippen LogP) is 5.72. The number of nitrogens with one attached hydrogen (secondary N) is 2. The third kappa shape index (κ3) is 5.14. The number of aryl methyl sites for hydroxylation is 1. The highest BCUT2D eigenvalue weighted by atomic mass is 35.5. The van der Waals surface area contributed by atoms with Crippen molar-refractivity contribution in [1.29, 1.82) is 0 Å². The normalized spacial score (nSPS) is 11.4. The maximum atomic E-state index is 13.1. The average molecular weight is 518 g/mol. The molecule has 1 amide bonds. The van der Waals surface area contributed by atoms with Crippen molar-refractivity contribution in [3.63, 3.8) is 0 Å². The van der Waals surface area contributed by atoms with Crippen LogP contribution in [-0.4, -0.2) is 19.3 Å². The highest BCUT2D eigenvalue weighted by Gasteiger charge is 2.21. The van der Waals surface area contributed by atoms with Crippen LogP contribution in [0.2, 0.25) is 10.0 Å². The van der Waals surface area contributed by atoms with Gasteiger partial charge in [-0.05, 0) is 55.0 Å². The molecule has 0 aliphatic rings. The first-order valence-electron chi connectivity index (χ1n) is 10.0. The number of hydrogen-bond donors (Lipinski definition) is 2. The molecular formula is C24H18Cl2FN3O3S. The number of halogens is 3. The monoisotopic (exact) mass is 517 g/mol. The van der Waals surface area contributed by atoms with Crippen LogP contribution in [0.1, 0.15) is 21.6 Å². The second kappa shape index (κ2) is 9.58. The van der Waals surface area contributed by atoms with E-state index < -0.39 is 15.9 Å². The maximum Gasteiger partial charge on any atom is 0.270 e. The van der Waals surface area contributed by atoms with Crippen LogP contribution in [0, 0.1) is 12.7 Å². The van der Waals surface area contributed by atoms with E-state index in [0.29, 0.717) is 10.9 Å². The lowest BCUT2D eigenvalue weighted by Crippen LogP contribution is -2.24. The highest BCUT2D eigenvalue weighted by Crippen LogP contribution is 2.36. The van der Waals surface area contributed by atoms with Crippen molar-refractivity contribution in [2.45, 2.75) is 18.4 Å². The fraction of sp³-hybridized carbons (Fsp3) is 0.0833. The summed E-state index contributed by atoms with van der Waals surface area (Å²) < 4.78 is 41.5. The first-order chi connectivity index (χ1) is 16.1. The lowest BCUT2D eigenvalue weighted by atomic mass is 10.1. The largest absolute Gasteiger partial charge is 0.347 e. The van der Waals surface area contributed by atoms with Crippen molar-refractivity contribution >= 4 is 55.7 Å². The first kappa shape index (κ1) is 23.9. The molecule has 0 aliphatic carbocycles. The molecule has 10 heteroatoms. The highest BCUT2D eigenvalue weighted by molar-refractivity contribution is 7.92. The zero-order chi connectivity index (χ0) is 24.5. The fourth-order valence-electron chi connectivity index (χ4n) is 3.23. The summed E-state index contributed by atoms with van der Waals surface area (Å²) in [6.07, 6.45) is 0. The Morgan fingerprint density at radius 3 is 2.32 bits per heavy atom. The molecule has 1 heterocycles. The maximum absolute atomic E-state index is 13.1. The van der Waals surface area contributed by atoms with Crippen LogP contribution in [0.15, 0.2) is 71.6 Å². The number of nitrogens with zero attached hydrogens (tertiary/aromatic N) is 1. The van der Waals surface area contributed by atoms with Crippen molar-refractivity contribution in [3.05, 3.63) is 99.4 Å². The van der Waals surface area contributed by atoms with Gasteiger partial charge in [-0.1, -0.05) is 53.0 Å². The standard InChI is InChI=1S/C24H18Cl2FN3O3S/c1-14-2-8-17(9-3-14)34(32,33)30-23-20(26)12-19(25)18-10-11-21(29-22(18)23)24(31)28-13-15-4-6-16(27)7-5-15/h2-12,30H,13H2,1H3,(H,28,31). The van der Waals surface area contributed by atoms with Crippen molar-refractivity contribution in [3.8, 4) is 0 Å². The quantitative estimate of drug-likeness (QED) is 0.342. The molecule has 0 fully saturated rings. The molecule has 0 saturated carbocycles. The fourth-order valence-corrected chi connectivity index (χ4v) is 4.93. The van der Waals surface area contributed by atoms with Gasteiger partial charge in [0.05, 0.1) is 26.1 Å². The van der Waals surface area contributed by atoms with Crippen molar-refractivity contribution < 1.29 is 17.6 Å². The number of anilines is 1. The average Bonchev–Trinajstić information content (AvgIpc) is 2.81. The molecule has 0 saturated heterocycles. The second-order valence-electron chi connectivity index (χ2n) is 7.54. The molecule has 0 aliphatic heterocycles. The second-order valence-corrected chi connectivity index (χ2v) is 10.0. The van der Waals surface area contributed by atoms with Crippen LogP contribution >= 0.6 is 23.2 Å². The number of fused-ring (bicyclic) bond motifs is 1. The molecular weight excluding hydrogens is 500 g/mol.